The predicted molar refractivity (Wildman–Crippen MR) is 110 cm³/mol. The maximum absolute atomic E-state index is 11.8. The number of hydrogen-bond donors (Lipinski definition) is 1. The summed E-state index contributed by atoms with van der Waals surface area (Å²) < 4.78 is 5.01. The number of H-pyrrole nitrogens is 1. The minimum Gasteiger partial charge on any atom is -0.462 e. The first-order chi connectivity index (χ1) is 14.6. The van der Waals surface area contributed by atoms with Gasteiger partial charge in [0.25, 0.3) is 0 Å². The molecule has 7 heteroatoms. The summed E-state index contributed by atoms with van der Waals surface area (Å²) in [5.41, 5.74) is 6.18. The van der Waals surface area contributed by atoms with Gasteiger partial charge < -0.3 is 4.74 Å². The average molecular weight is 401 g/mol. The molecule has 1 N–H and O–H groups in total. The maximum atomic E-state index is 11.8. The monoisotopic (exact) mass is 401 g/mol. The van der Waals surface area contributed by atoms with Gasteiger partial charge in [-0.3, -0.25) is 5.10 Å². The van der Waals surface area contributed by atoms with Crippen LogP contribution in [0.4, 0.5) is 0 Å². The fourth-order valence-electron chi connectivity index (χ4n) is 2.99. The standard InChI is InChI=1S/C22H19N3O2.CO2/c1-3-27-22(26)17-10-8-15(9-11-17)19-13-12-18-20(24-25-21(18)23-19)16-6-4-14(2)5-7-16;2-1-3/h4-13H,3H2,1-2H3,(H,23,24,25);. The molecule has 2 aromatic heterocycles. The minimum absolute atomic E-state index is 0.250. The molecule has 0 bridgehead atoms. The molecule has 0 aliphatic rings. The van der Waals surface area contributed by atoms with E-state index >= 15 is 0 Å². The van der Waals surface area contributed by atoms with Gasteiger partial charge in [0, 0.05) is 16.5 Å². The van der Waals surface area contributed by atoms with E-state index in [9.17, 15) is 4.79 Å². The Morgan fingerprint density at radius 2 is 1.60 bits per heavy atom. The molecule has 0 aliphatic heterocycles. The lowest BCUT2D eigenvalue weighted by Gasteiger charge is -2.04. The van der Waals surface area contributed by atoms with E-state index in [0.717, 1.165) is 27.9 Å². The van der Waals surface area contributed by atoms with Crippen molar-refractivity contribution in [1.82, 2.24) is 15.2 Å². The highest BCUT2D eigenvalue weighted by Crippen LogP contribution is 2.28. The van der Waals surface area contributed by atoms with Crippen LogP contribution >= 0.6 is 0 Å². The number of nitrogens with zero attached hydrogens (tertiary/aromatic N) is 2. The Morgan fingerprint density at radius 1 is 0.967 bits per heavy atom. The highest BCUT2D eigenvalue weighted by atomic mass is 16.5. The summed E-state index contributed by atoms with van der Waals surface area (Å²) in [6.07, 6.45) is 0.250. The van der Waals surface area contributed by atoms with Gasteiger partial charge in [-0.25, -0.2) is 9.78 Å². The number of carbonyl (C=O) groups excluding carboxylic acids is 3. The number of carbonyl (C=O) groups is 1. The van der Waals surface area contributed by atoms with Gasteiger partial charge in [0.2, 0.25) is 0 Å². The molecule has 4 rings (SSSR count). The number of pyridine rings is 1. The van der Waals surface area contributed by atoms with Crippen LogP contribution in [0, 0.1) is 6.92 Å². The Balaban J connectivity index is 0.000000806. The van der Waals surface area contributed by atoms with Crippen molar-refractivity contribution in [1.29, 1.82) is 0 Å². The van der Waals surface area contributed by atoms with E-state index in [2.05, 4.69) is 46.4 Å². The first-order valence-electron chi connectivity index (χ1n) is 9.26. The fraction of sp³-hybridized carbons (Fsp3) is 0.130. The molecule has 7 nitrogen and oxygen atoms in total. The molecular weight excluding hydrogens is 382 g/mol. The van der Waals surface area contributed by atoms with Gasteiger partial charge in [-0.15, -0.1) is 0 Å². The highest BCUT2D eigenvalue weighted by Gasteiger charge is 2.11. The van der Waals surface area contributed by atoms with Gasteiger partial charge >= 0.3 is 12.1 Å². The second kappa shape index (κ2) is 9.41. The Kier molecular flexibility index (Phi) is 6.47. The first kappa shape index (κ1) is 20.6. The van der Waals surface area contributed by atoms with Crippen molar-refractivity contribution in [2.75, 3.05) is 6.61 Å². The van der Waals surface area contributed by atoms with Crippen molar-refractivity contribution in [2.45, 2.75) is 13.8 Å². The fourth-order valence-corrected chi connectivity index (χ4v) is 2.99. The highest BCUT2D eigenvalue weighted by molar-refractivity contribution is 5.92. The summed E-state index contributed by atoms with van der Waals surface area (Å²) in [4.78, 5) is 32.7. The van der Waals surface area contributed by atoms with Gasteiger partial charge in [0.15, 0.2) is 5.65 Å². The zero-order valence-corrected chi connectivity index (χ0v) is 16.5. The molecule has 0 spiro atoms. The smallest absolute Gasteiger partial charge is 0.373 e. The molecule has 0 saturated heterocycles. The maximum Gasteiger partial charge on any atom is 0.373 e. The molecule has 0 atom stereocenters. The topological polar surface area (TPSA) is 102 Å². The molecule has 2 heterocycles. The van der Waals surface area contributed by atoms with Gasteiger partial charge in [0.1, 0.15) is 0 Å². The van der Waals surface area contributed by atoms with Crippen LogP contribution in [0.15, 0.2) is 60.7 Å². The summed E-state index contributed by atoms with van der Waals surface area (Å²) in [5, 5.41) is 8.43. The third kappa shape index (κ3) is 4.48. The molecule has 30 heavy (non-hydrogen) atoms. The largest absolute Gasteiger partial charge is 0.462 e. The Labute approximate surface area is 172 Å². The van der Waals surface area contributed by atoms with Crippen LogP contribution in [-0.2, 0) is 14.3 Å². The number of esters is 1. The number of aromatic nitrogens is 3. The van der Waals surface area contributed by atoms with Gasteiger partial charge in [-0.2, -0.15) is 14.7 Å². The van der Waals surface area contributed by atoms with E-state index in [1.54, 1.807) is 19.1 Å². The zero-order valence-electron chi connectivity index (χ0n) is 16.5. The van der Waals surface area contributed by atoms with Crippen LogP contribution in [-0.4, -0.2) is 33.9 Å². The number of nitrogens with one attached hydrogen (secondary N) is 1. The third-order valence-corrected chi connectivity index (χ3v) is 4.45. The molecule has 0 aliphatic carbocycles. The van der Waals surface area contributed by atoms with Gasteiger partial charge in [-0.05, 0) is 38.1 Å². The number of benzene rings is 2. The van der Waals surface area contributed by atoms with Crippen LogP contribution in [0.25, 0.3) is 33.5 Å². The van der Waals surface area contributed by atoms with Crippen molar-refractivity contribution < 1.29 is 19.1 Å². The lowest BCUT2D eigenvalue weighted by atomic mass is 10.1. The molecule has 0 unspecified atom stereocenters. The molecule has 0 radical (unpaired) electrons. The third-order valence-electron chi connectivity index (χ3n) is 4.45. The number of aryl methyl sites for hydroxylation is 1. The van der Waals surface area contributed by atoms with Crippen molar-refractivity contribution in [3.05, 3.63) is 71.8 Å². The molecule has 0 amide bonds. The van der Waals surface area contributed by atoms with Crippen molar-refractivity contribution in [3.63, 3.8) is 0 Å². The van der Waals surface area contributed by atoms with Gasteiger partial charge in [-0.1, -0.05) is 42.0 Å². The molecule has 0 fully saturated rings. The Hall–Kier alpha value is -4.09. The molecular formula is C23H19N3O4. The number of fused-ring (bicyclic) bond motifs is 1. The van der Waals surface area contributed by atoms with Crippen molar-refractivity contribution in [3.8, 4) is 22.5 Å². The quantitative estimate of drug-likeness (QED) is 0.514. The van der Waals surface area contributed by atoms with Crippen LogP contribution in [0.2, 0.25) is 0 Å². The Morgan fingerprint density at radius 3 is 2.23 bits per heavy atom. The van der Waals surface area contributed by atoms with Crippen LogP contribution in [0.1, 0.15) is 22.8 Å². The molecule has 4 aromatic rings. The molecule has 0 saturated carbocycles. The zero-order chi connectivity index (χ0) is 21.5. The minimum atomic E-state index is -0.317. The van der Waals surface area contributed by atoms with E-state index in [1.807, 2.05) is 24.3 Å². The van der Waals surface area contributed by atoms with E-state index < -0.39 is 0 Å². The number of hydrogen-bond acceptors (Lipinski definition) is 6. The molecule has 2 aromatic carbocycles. The summed E-state index contributed by atoms with van der Waals surface area (Å²) >= 11 is 0. The first-order valence-corrected chi connectivity index (χ1v) is 9.26. The number of rotatable bonds is 4. The van der Waals surface area contributed by atoms with E-state index in [0.29, 0.717) is 17.8 Å². The van der Waals surface area contributed by atoms with E-state index in [1.165, 1.54) is 5.56 Å². The van der Waals surface area contributed by atoms with E-state index in [4.69, 9.17) is 14.3 Å². The second-order valence-corrected chi connectivity index (χ2v) is 6.41. The number of ether oxygens (including phenoxy) is 1. The lowest BCUT2D eigenvalue weighted by Crippen LogP contribution is -2.04. The van der Waals surface area contributed by atoms with Crippen LogP contribution in [0.5, 0.6) is 0 Å². The summed E-state index contributed by atoms with van der Waals surface area (Å²) in [6, 6.07) is 19.5. The van der Waals surface area contributed by atoms with Crippen LogP contribution < -0.4 is 0 Å². The summed E-state index contributed by atoms with van der Waals surface area (Å²) in [7, 11) is 0. The molecule has 150 valence electrons. The SMILES string of the molecule is CCOC(=O)c1ccc(-c2ccc3c(-c4ccc(C)cc4)[nH]nc3n2)cc1.O=C=O. The van der Waals surface area contributed by atoms with Crippen LogP contribution in [0.3, 0.4) is 0 Å². The summed E-state index contributed by atoms with van der Waals surface area (Å²) in [5.74, 6) is -0.317. The normalized spacial score (nSPS) is 10.1. The van der Waals surface area contributed by atoms with E-state index in [-0.39, 0.29) is 12.1 Å². The van der Waals surface area contributed by atoms with Crippen molar-refractivity contribution in [2.24, 2.45) is 0 Å². The van der Waals surface area contributed by atoms with Gasteiger partial charge in [0.05, 0.1) is 23.6 Å². The summed E-state index contributed by atoms with van der Waals surface area (Å²) in [6.45, 7) is 4.22. The second-order valence-electron chi connectivity index (χ2n) is 6.41. The average Bonchev–Trinajstić information content (AvgIpc) is 3.18. The Bertz CT molecular complexity index is 1190. The number of aromatic amines is 1. The predicted octanol–water partition coefficient (Wildman–Crippen LogP) is 4.19. The van der Waals surface area contributed by atoms with Crippen molar-refractivity contribution >= 4 is 23.2 Å². The lowest BCUT2D eigenvalue weighted by molar-refractivity contribution is -0.191.